The molecule has 0 aliphatic carbocycles. The topological polar surface area (TPSA) is 44.8 Å². The maximum absolute atomic E-state index is 14.1. The first-order valence-corrected chi connectivity index (χ1v) is 10.7. The predicted molar refractivity (Wildman–Crippen MR) is 109 cm³/mol. The van der Waals surface area contributed by atoms with E-state index in [9.17, 15) is 9.18 Å². The molecule has 28 heavy (non-hydrogen) atoms. The molecule has 5 rings (SSSR count). The van der Waals surface area contributed by atoms with Crippen LogP contribution in [0.5, 0.6) is 5.75 Å². The van der Waals surface area contributed by atoms with E-state index in [0.29, 0.717) is 20.4 Å². The number of methoxy groups -OCH3 is 1. The Bertz CT molecular complexity index is 901. The molecule has 1 aromatic rings. The SMILES string of the molecule is COc1ccc(C2=CC(=O)N3C=C(N4CC5CNC[C@H]5C4)C=CC3P2)cc1F. The van der Waals surface area contributed by atoms with Crippen LogP contribution in [0, 0.1) is 17.7 Å². The van der Waals surface area contributed by atoms with Crippen LogP contribution in [0.15, 0.2) is 48.3 Å². The van der Waals surface area contributed by atoms with Crippen molar-refractivity contribution in [2.75, 3.05) is 33.3 Å². The molecule has 4 heterocycles. The molecule has 0 saturated carbocycles. The van der Waals surface area contributed by atoms with E-state index >= 15 is 0 Å². The fraction of sp³-hybridized carbons (Fsp3) is 0.381. The number of hydrogen-bond acceptors (Lipinski definition) is 4. The second kappa shape index (κ2) is 7.02. The maximum atomic E-state index is 14.1. The smallest absolute Gasteiger partial charge is 0.252 e. The summed E-state index contributed by atoms with van der Waals surface area (Å²) in [7, 11) is 1.83. The van der Waals surface area contributed by atoms with Crippen molar-refractivity contribution in [2.24, 2.45) is 11.8 Å². The largest absolute Gasteiger partial charge is 0.494 e. The first-order chi connectivity index (χ1) is 13.6. The number of nitrogens with zero attached hydrogens (tertiary/aromatic N) is 2. The van der Waals surface area contributed by atoms with Crippen LogP contribution in [0.2, 0.25) is 0 Å². The van der Waals surface area contributed by atoms with Crippen molar-refractivity contribution in [3.05, 3.63) is 59.7 Å². The maximum Gasteiger partial charge on any atom is 0.252 e. The molecule has 7 heteroatoms. The van der Waals surface area contributed by atoms with E-state index in [0.717, 1.165) is 42.8 Å². The fourth-order valence-corrected chi connectivity index (χ4v) is 5.90. The Morgan fingerprint density at radius 3 is 2.75 bits per heavy atom. The van der Waals surface area contributed by atoms with Crippen LogP contribution in [0.1, 0.15) is 5.56 Å². The number of amides is 1. The number of hydrogen-bond donors (Lipinski definition) is 1. The average Bonchev–Trinajstić information content (AvgIpc) is 3.30. The number of benzene rings is 1. The summed E-state index contributed by atoms with van der Waals surface area (Å²) >= 11 is 0. The summed E-state index contributed by atoms with van der Waals surface area (Å²) in [6, 6.07) is 4.88. The molecule has 0 bridgehead atoms. The summed E-state index contributed by atoms with van der Waals surface area (Å²) in [6.45, 7) is 4.29. The highest BCUT2D eigenvalue weighted by Gasteiger charge is 2.38. The molecule has 5 nitrogen and oxygen atoms in total. The van der Waals surface area contributed by atoms with E-state index in [2.05, 4.69) is 22.4 Å². The Labute approximate surface area is 165 Å². The van der Waals surface area contributed by atoms with Gasteiger partial charge in [-0.25, -0.2) is 4.39 Å². The summed E-state index contributed by atoms with van der Waals surface area (Å²) in [5.74, 6) is 1.19. The molecule has 4 aliphatic rings. The van der Waals surface area contributed by atoms with Gasteiger partial charge in [-0.1, -0.05) is 20.7 Å². The molecule has 2 fully saturated rings. The van der Waals surface area contributed by atoms with Gasteiger partial charge in [0.1, 0.15) is 0 Å². The van der Waals surface area contributed by atoms with E-state index in [1.54, 1.807) is 12.1 Å². The van der Waals surface area contributed by atoms with Gasteiger partial charge in [-0.3, -0.25) is 4.79 Å². The molecule has 0 spiro atoms. The highest BCUT2D eigenvalue weighted by Crippen LogP contribution is 2.45. The second-order valence-electron chi connectivity index (χ2n) is 7.74. The summed E-state index contributed by atoms with van der Waals surface area (Å²) in [4.78, 5) is 17.0. The van der Waals surface area contributed by atoms with Crippen molar-refractivity contribution in [1.29, 1.82) is 0 Å². The lowest BCUT2D eigenvalue weighted by Gasteiger charge is -2.35. The van der Waals surface area contributed by atoms with Crippen LogP contribution in [0.3, 0.4) is 0 Å². The van der Waals surface area contributed by atoms with Gasteiger partial charge in [0.15, 0.2) is 11.6 Å². The molecule has 3 unspecified atom stereocenters. The van der Waals surface area contributed by atoms with Crippen molar-refractivity contribution in [3.8, 4) is 5.75 Å². The lowest BCUT2D eigenvalue weighted by molar-refractivity contribution is -0.123. The lowest BCUT2D eigenvalue weighted by atomic mass is 10.0. The number of carbonyl (C=O) groups is 1. The summed E-state index contributed by atoms with van der Waals surface area (Å²) in [6.07, 6.45) is 7.90. The summed E-state index contributed by atoms with van der Waals surface area (Å²) in [5, 5.41) is 4.35. The van der Waals surface area contributed by atoms with Gasteiger partial charge >= 0.3 is 0 Å². The van der Waals surface area contributed by atoms with E-state index in [-0.39, 0.29) is 17.4 Å². The summed E-state index contributed by atoms with van der Waals surface area (Å²) < 4.78 is 19.1. The molecule has 146 valence electrons. The number of ether oxygens (including phenoxy) is 1. The normalized spacial score (nSPS) is 29.6. The Hall–Kier alpha value is -2.17. The van der Waals surface area contributed by atoms with Gasteiger partial charge in [0.05, 0.1) is 18.6 Å². The number of allylic oxidation sites excluding steroid dienone is 1. The minimum atomic E-state index is -0.406. The zero-order chi connectivity index (χ0) is 19.3. The van der Waals surface area contributed by atoms with Gasteiger partial charge in [0.2, 0.25) is 0 Å². The second-order valence-corrected chi connectivity index (χ2v) is 9.16. The lowest BCUT2D eigenvalue weighted by Crippen LogP contribution is -2.37. The quantitative estimate of drug-likeness (QED) is 0.794. The average molecular weight is 399 g/mol. The molecular formula is C21H23FN3O2P. The van der Waals surface area contributed by atoms with Gasteiger partial charge in [0, 0.05) is 38.5 Å². The van der Waals surface area contributed by atoms with Crippen molar-refractivity contribution in [3.63, 3.8) is 0 Å². The molecule has 0 radical (unpaired) electrons. The first kappa shape index (κ1) is 17.9. The van der Waals surface area contributed by atoms with Gasteiger partial charge in [-0.05, 0) is 40.9 Å². The molecule has 4 aliphatic heterocycles. The third kappa shape index (κ3) is 3.05. The molecule has 0 aromatic heterocycles. The molecular weight excluding hydrogens is 376 g/mol. The predicted octanol–water partition coefficient (Wildman–Crippen LogP) is 2.58. The third-order valence-corrected chi connectivity index (χ3v) is 7.57. The number of fused-ring (bicyclic) bond motifs is 2. The van der Waals surface area contributed by atoms with Crippen LogP contribution in [-0.2, 0) is 4.79 Å². The molecule has 1 N–H and O–H groups in total. The fourth-order valence-electron chi connectivity index (χ4n) is 4.52. The van der Waals surface area contributed by atoms with Crippen molar-refractivity contribution >= 4 is 19.8 Å². The Morgan fingerprint density at radius 1 is 1.25 bits per heavy atom. The number of halogens is 1. The van der Waals surface area contributed by atoms with Gasteiger partial charge in [-0.2, -0.15) is 0 Å². The number of carbonyl (C=O) groups excluding carboxylic acids is 1. The van der Waals surface area contributed by atoms with E-state index < -0.39 is 5.82 Å². The highest BCUT2D eigenvalue weighted by atomic mass is 31.1. The van der Waals surface area contributed by atoms with Crippen LogP contribution in [-0.4, -0.2) is 54.8 Å². The van der Waals surface area contributed by atoms with Crippen LogP contribution >= 0.6 is 8.58 Å². The van der Waals surface area contributed by atoms with Gasteiger partial charge in [0.25, 0.3) is 5.91 Å². The zero-order valence-electron chi connectivity index (χ0n) is 15.7. The van der Waals surface area contributed by atoms with E-state index in [4.69, 9.17) is 4.74 Å². The van der Waals surface area contributed by atoms with E-state index in [1.807, 2.05) is 17.2 Å². The van der Waals surface area contributed by atoms with Crippen LogP contribution < -0.4 is 10.1 Å². The molecule has 1 amide bonds. The number of nitrogens with one attached hydrogen (secondary N) is 1. The monoisotopic (exact) mass is 399 g/mol. The van der Waals surface area contributed by atoms with Crippen molar-refractivity contribution < 1.29 is 13.9 Å². The van der Waals surface area contributed by atoms with Crippen molar-refractivity contribution in [2.45, 2.75) is 5.78 Å². The zero-order valence-corrected chi connectivity index (χ0v) is 16.7. The van der Waals surface area contributed by atoms with E-state index in [1.165, 1.54) is 13.2 Å². The Morgan fingerprint density at radius 2 is 2.04 bits per heavy atom. The summed E-state index contributed by atoms with van der Waals surface area (Å²) in [5.41, 5.74) is 1.86. The molecule has 2 saturated heterocycles. The van der Waals surface area contributed by atoms with Crippen LogP contribution in [0.4, 0.5) is 4.39 Å². The Kier molecular flexibility index (Phi) is 4.48. The van der Waals surface area contributed by atoms with Gasteiger partial charge < -0.3 is 19.9 Å². The Balaban J connectivity index is 1.36. The minimum Gasteiger partial charge on any atom is -0.494 e. The van der Waals surface area contributed by atoms with Gasteiger partial charge in [-0.15, -0.1) is 0 Å². The standard InChI is InChI=1S/C21H23FN3O2P/c1-27-18-4-2-13(6-17(18)22)19-7-20(26)25-12-16(3-5-21(25)28-19)24-10-14-8-23-9-15(14)11-24/h2-7,12,14-15,21,23,28H,8-11H2,1H3/t14-,15?,21?/m0/s1. The minimum absolute atomic E-state index is 0.00480. The molecule has 1 aromatic carbocycles. The van der Waals surface area contributed by atoms with Crippen molar-refractivity contribution in [1.82, 2.24) is 15.1 Å². The third-order valence-electron chi connectivity index (χ3n) is 6.06. The first-order valence-electron chi connectivity index (χ1n) is 9.62. The van der Waals surface area contributed by atoms with Crippen LogP contribution in [0.25, 0.3) is 5.31 Å². The number of rotatable bonds is 3. The molecule has 4 atom stereocenters. The highest BCUT2D eigenvalue weighted by molar-refractivity contribution is 7.51. The number of likely N-dealkylation sites (tertiary alicyclic amines) is 1.